The number of anilines is 2. The van der Waals surface area contributed by atoms with Crippen LogP contribution in [0.5, 0.6) is 0 Å². The summed E-state index contributed by atoms with van der Waals surface area (Å²) in [5.74, 6) is 1.64. The third-order valence-corrected chi connectivity index (χ3v) is 2.29. The molecule has 16 heavy (non-hydrogen) atoms. The Hall–Kier alpha value is -1.83. The van der Waals surface area contributed by atoms with Gasteiger partial charge in [-0.3, -0.25) is 0 Å². The summed E-state index contributed by atoms with van der Waals surface area (Å²) in [6, 6.07) is 4.35. The number of hydrogen-bond donors (Lipinski definition) is 1. The highest BCUT2D eigenvalue weighted by Crippen LogP contribution is 2.16. The van der Waals surface area contributed by atoms with Gasteiger partial charge < -0.3 is 10.2 Å². The maximum absolute atomic E-state index is 8.62. The van der Waals surface area contributed by atoms with E-state index in [9.17, 15) is 0 Å². The van der Waals surface area contributed by atoms with Crippen molar-refractivity contribution in [3.63, 3.8) is 0 Å². The summed E-state index contributed by atoms with van der Waals surface area (Å²) in [4.78, 5) is 10.4. The molecule has 0 radical (unpaired) electrons. The van der Waals surface area contributed by atoms with Gasteiger partial charge in [0.05, 0.1) is 12.5 Å². The Kier molecular flexibility index (Phi) is 4.52. The molecule has 0 amide bonds. The van der Waals surface area contributed by atoms with Crippen LogP contribution in [0.3, 0.4) is 0 Å². The minimum atomic E-state index is 0.313. The van der Waals surface area contributed by atoms with Crippen LogP contribution in [0, 0.1) is 11.3 Å². The molecular formula is C11H17N5. The van der Waals surface area contributed by atoms with E-state index < -0.39 is 0 Å². The molecule has 0 spiro atoms. The van der Waals surface area contributed by atoms with E-state index in [-0.39, 0.29) is 0 Å². The largest absolute Gasteiger partial charge is 0.373 e. The third kappa shape index (κ3) is 3.09. The van der Waals surface area contributed by atoms with Crippen LogP contribution in [0.2, 0.25) is 0 Å². The first-order valence-corrected chi connectivity index (χ1v) is 5.32. The number of aromatic nitrogens is 2. The van der Waals surface area contributed by atoms with Crippen molar-refractivity contribution >= 4 is 11.6 Å². The normalized spacial score (nSPS) is 9.94. The van der Waals surface area contributed by atoms with Crippen molar-refractivity contribution in [1.29, 1.82) is 5.26 Å². The highest BCUT2D eigenvalue weighted by molar-refractivity contribution is 5.48. The summed E-state index contributed by atoms with van der Waals surface area (Å²) in [6.45, 7) is 4.85. The molecule has 1 heterocycles. The molecule has 0 unspecified atom stereocenters. The second-order valence-electron chi connectivity index (χ2n) is 3.71. The van der Waals surface area contributed by atoms with Crippen LogP contribution >= 0.6 is 0 Å². The lowest BCUT2D eigenvalue weighted by atomic mass is 10.3. The van der Waals surface area contributed by atoms with E-state index in [1.807, 2.05) is 13.1 Å². The van der Waals surface area contributed by atoms with E-state index in [2.05, 4.69) is 40.1 Å². The van der Waals surface area contributed by atoms with Gasteiger partial charge in [-0.05, 0) is 13.8 Å². The predicted octanol–water partition coefficient (Wildman–Crippen LogP) is 1.65. The van der Waals surface area contributed by atoms with Crippen LogP contribution < -0.4 is 10.2 Å². The Morgan fingerprint density at radius 2 is 2.25 bits per heavy atom. The lowest BCUT2D eigenvalue weighted by Crippen LogP contribution is -2.32. The summed E-state index contributed by atoms with van der Waals surface area (Å²) < 4.78 is 0. The summed E-state index contributed by atoms with van der Waals surface area (Å²) in [5, 5.41) is 11.6. The molecule has 0 aromatic carbocycles. The van der Waals surface area contributed by atoms with Gasteiger partial charge in [-0.15, -0.1) is 0 Å². The van der Waals surface area contributed by atoms with Gasteiger partial charge in [0.15, 0.2) is 0 Å². The van der Waals surface area contributed by atoms with Crippen molar-refractivity contribution in [2.24, 2.45) is 0 Å². The Labute approximate surface area is 96.1 Å². The zero-order chi connectivity index (χ0) is 12.0. The monoisotopic (exact) mass is 219 g/mol. The fourth-order valence-corrected chi connectivity index (χ4v) is 1.45. The summed E-state index contributed by atoms with van der Waals surface area (Å²) in [5.41, 5.74) is 0. The molecule has 1 aromatic heterocycles. The molecule has 1 aromatic rings. The number of nitrogens with one attached hydrogen (secondary N) is 1. The van der Waals surface area contributed by atoms with Crippen molar-refractivity contribution in [3.05, 3.63) is 12.4 Å². The van der Waals surface area contributed by atoms with E-state index in [1.54, 1.807) is 0 Å². The van der Waals surface area contributed by atoms with Crippen molar-refractivity contribution in [3.8, 4) is 6.07 Å². The maximum atomic E-state index is 8.62. The van der Waals surface area contributed by atoms with E-state index in [0.717, 1.165) is 11.6 Å². The molecule has 0 fully saturated rings. The molecule has 0 atom stereocenters. The molecule has 0 saturated heterocycles. The van der Waals surface area contributed by atoms with Gasteiger partial charge in [0, 0.05) is 25.7 Å². The average molecular weight is 219 g/mol. The molecule has 5 nitrogen and oxygen atoms in total. The van der Waals surface area contributed by atoms with Crippen molar-refractivity contribution in [2.45, 2.75) is 26.3 Å². The fourth-order valence-electron chi connectivity index (χ4n) is 1.45. The standard InChI is InChI=1S/C11H17N5/c1-9(2)16(6-4-5-12)11-7-10(13-3)14-8-15-11/h7-9H,4,6H2,1-3H3,(H,13,14,15). The molecule has 0 saturated carbocycles. The fraction of sp³-hybridized carbons (Fsp3) is 0.545. The maximum Gasteiger partial charge on any atom is 0.134 e. The number of nitrogens with zero attached hydrogens (tertiary/aromatic N) is 4. The van der Waals surface area contributed by atoms with Crippen molar-refractivity contribution in [1.82, 2.24) is 9.97 Å². The third-order valence-electron chi connectivity index (χ3n) is 2.29. The minimum Gasteiger partial charge on any atom is -0.373 e. The number of nitriles is 1. The number of hydrogen-bond acceptors (Lipinski definition) is 5. The zero-order valence-corrected chi connectivity index (χ0v) is 9.94. The molecule has 1 N–H and O–H groups in total. The van der Waals surface area contributed by atoms with E-state index in [4.69, 9.17) is 5.26 Å². The SMILES string of the molecule is CNc1cc(N(CCC#N)C(C)C)ncn1. The first-order chi connectivity index (χ1) is 7.69. The van der Waals surface area contributed by atoms with Crippen LogP contribution in [0.15, 0.2) is 12.4 Å². The van der Waals surface area contributed by atoms with Crippen molar-refractivity contribution in [2.75, 3.05) is 23.8 Å². The molecule has 1 rings (SSSR count). The first-order valence-electron chi connectivity index (χ1n) is 5.32. The molecule has 0 aliphatic rings. The molecule has 0 aliphatic heterocycles. The smallest absolute Gasteiger partial charge is 0.134 e. The summed E-state index contributed by atoms with van der Waals surface area (Å²) >= 11 is 0. The predicted molar refractivity (Wildman–Crippen MR) is 64.3 cm³/mol. The lowest BCUT2D eigenvalue weighted by Gasteiger charge is -2.26. The molecular weight excluding hydrogens is 202 g/mol. The quantitative estimate of drug-likeness (QED) is 0.815. The van der Waals surface area contributed by atoms with Crippen LogP contribution in [-0.2, 0) is 0 Å². The van der Waals surface area contributed by atoms with Gasteiger partial charge >= 0.3 is 0 Å². The summed E-state index contributed by atoms with van der Waals surface area (Å²) in [7, 11) is 1.82. The topological polar surface area (TPSA) is 64.8 Å². The Morgan fingerprint density at radius 3 is 2.81 bits per heavy atom. The summed E-state index contributed by atoms with van der Waals surface area (Å²) in [6.07, 6.45) is 2.03. The van der Waals surface area contributed by atoms with E-state index in [0.29, 0.717) is 19.0 Å². The second kappa shape index (κ2) is 5.91. The van der Waals surface area contributed by atoms with Crippen LogP contribution in [-0.4, -0.2) is 29.6 Å². The van der Waals surface area contributed by atoms with Gasteiger partial charge in [0.25, 0.3) is 0 Å². The molecule has 0 aliphatic carbocycles. The van der Waals surface area contributed by atoms with E-state index >= 15 is 0 Å². The Bertz CT molecular complexity index is 369. The van der Waals surface area contributed by atoms with Gasteiger partial charge in [-0.1, -0.05) is 0 Å². The van der Waals surface area contributed by atoms with E-state index in [1.165, 1.54) is 6.33 Å². The highest BCUT2D eigenvalue weighted by atomic mass is 15.2. The average Bonchev–Trinajstić information content (AvgIpc) is 2.29. The second-order valence-corrected chi connectivity index (χ2v) is 3.71. The van der Waals surface area contributed by atoms with Gasteiger partial charge in [-0.2, -0.15) is 5.26 Å². The minimum absolute atomic E-state index is 0.313. The van der Waals surface area contributed by atoms with Crippen LogP contribution in [0.1, 0.15) is 20.3 Å². The highest BCUT2D eigenvalue weighted by Gasteiger charge is 2.11. The Balaban J connectivity index is 2.88. The molecule has 5 heteroatoms. The van der Waals surface area contributed by atoms with Crippen molar-refractivity contribution < 1.29 is 0 Å². The van der Waals surface area contributed by atoms with Crippen LogP contribution in [0.25, 0.3) is 0 Å². The van der Waals surface area contributed by atoms with Gasteiger partial charge in [0.2, 0.25) is 0 Å². The Morgan fingerprint density at radius 1 is 1.50 bits per heavy atom. The molecule has 86 valence electrons. The van der Waals surface area contributed by atoms with Crippen LogP contribution in [0.4, 0.5) is 11.6 Å². The zero-order valence-electron chi connectivity index (χ0n) is 9.94. The van der Waals surface area contributed by atoms with Gasteiger partial charge in [0.1, 0.15) is 18.0 Å². The van der Waals surface area contributed by atoms with Gasteiger partial charge in [-0.25, -0.2) is 9.97 Å². The first kappa shape index (κ1) is 12.2. The number of rotatable bonds is 5. The lowest BCUT2D eigenvalue weighted by molar-refractivity contribution is 0.676. The molecule has 0 bridgehead atoms.